The molecule has 0 atom stereocenters. The van der Waals surface area contributed by atoms with Crippen molar-refractivity contribution >= 4 is 23.5 Å². The van der Waals surface area contributed by atoms with Crippen LogP contribution in [0.2, 0.25) is 0 Å². The topological polar surface area (TPSA) is 36.7 Å². The van der Waals surface area contributed by atoms with Crippen LogP contribution in [0.25, 0.3) is 22.6 Å². The summed E-state index contributed by atoms with van der Waals surface area (Å²) in [7, 11) is 0. The van der Waals surface area contributed by atoms with Gasteiger partial charge in [0.05, 0.1) is 11.3 Å². The lowest BCUT2D eigenvalue weighted by Gasteiger charge is -2.01. The van der Waals surface area contributed by atoms with Gasteiger partial charge in [-0.15, -0.1) is 11.3 Å². The molecule has 2 heterocycles. The fraction of sp³-hybridized carbons (Fsp3) is 0. The standard InChI is InChI=1S/C18H11FN2S/c19-17-10-15(18-2-1-9-22-18)5-4-14(17)6-8-16-7-3-13(11-20)12-21-16/h1-10,12H/b8-6+. The molecule has 0 N–H and O–H groups in total. The second-order valence-corrected chi connectivity index (χ2v) is 5.58. The predicted molar refractivity (Wildman–Crippen MR) is 87.6 cm³/mol. The van der Waals surface area contributed by atoms with Gasteiger partial charge >= 0.3 is 0 Å². The zero-order chi connectivity index (χ0) is 15.4. The second kappa shape index (κ2) is 6.33. The van der Waals surface area contributed by atoms with E-state index in [-0.39, 0.29) is 5.82 Å². The van der Waals surface area contributed by atoms with Gasteiger partial charge in [0.25, 0.3) is 0 Å². The molecule has 1 aromatic carbocycles. The van der Waals surface area contributed by atoms with E-state index in [1.165, 1.54) is 12.3 Å². The van der Waals surface area contributed by atoms with Crippen molar-refractivity contribution in [3.05, 3.63) is 76.7 Å². The first-order valence-corrected chi connectivity index (χ1v) is 7.52. The summed E-state index contributed by atoms with van der Waals surface area (Å²) >= 11 is 1.58. The van der Waals surface area contributed by atoms with Crippen LogP contribution in [0.5, 0.6) is 0 Å². The molecule has 0 fully saturated rings. The highest BCUT2D eigenvalue weighted by atomic mass is 32.1. The molecule has 3 rings (SSSR count). The molecule has 2 aromatic heterocycles. The summed E-state index contributed by atoms with van der Waals surface area (Å²) < 4.78 is 14.2. The Labute approximate surface area is 131 Å². The van der Waals surface area contributed by atoms with E-state index in [0.29, 0.717) is 16.8 Å². The summed E-state index contributed by atoms with van der Waals surface area (Å²) in [6.45, 7) is 0. The van der Waals surface area contributed by atoms with E-state index in [0.717, 1.165) is 10.4 Å². The van der Waals surface area contributed by atoms with Gasteiger partial charge in [-0.2, -0.15) is 5.26 Å². The summed E-state index contributed by atoms with van der Waals surface area (Å²) in [6, 6.07) is 14.5. The summed E-state index contributed by atoms with van der Waals surface area (Å²) in [5.74, 6) is -0.268. The molecule has 0 aliphatic rings. The van der Waals surface area contributed by atoms with E-state index < -0.39 is 0 Å². The monoisotopic (exact) mass is 306 g/mol. The van der Waals surface area contributed by atoms with Crippen LogP contribution in [0, 0.1) is 17.1 Å². The highest BCUT2D eigenvalue weighted by Crippen LogP contribution is 2.26. The maximum absolute atomic E-state index is 14.2. The maximum atomic E-state index is 14.2. The summed E-state index contributed by atoms with van der Waals surface area (Å²) in [5.41, 5.74) is 2.57. The van der Waals surface area contributed by atoms with Gasteiger partial charge in [0, 0.05) is 16.6 Å². The number of hydrogen-bond donors (Lipinski definition) is 0. The Morgan fingerprint density at radius 1 is 1.14 bits per heavy atom. The first-order valence-electron chi connectivity index (χ1n) is 6.64. The Morgan fingerprint density at radius 3 is 2.68 bits per heavy atom. The van der Waals surface area contributed by atoms with Crippen LogP contribution in [0.15, 0.2) is 54.0 Å². The number of pyridine rings is 1. The number of thiophene rings is 1. The van der Waals surface area contributed by atoms with Crippen LogP contribution in [-0.4, -0.2) is 4.98 Å². The van der Waals surface area contributed by atoms with Crippen molar-refractivity contribution < 1.29 is 4.39 Å². The van der Waals surface area contributed by atoms with Gasteiger partial charge in [-0.25, -0.2) is 4.39 Å². The van der Waals surface area contributed by atoms with Crippen molar-refractivity contribution in [2.45, 2.75) is 0 Å². The van der Waals surface area contributed by atoms with E-state index in [1.54, 1.807) is 41.7 Å². The molecule has 106 valence electrons. The van der Waals surface area contributed by atoms with E-state index in [4.69, 9.17) is 5.26 Å². The lowest BCUT2D eigenvalue weighted by atomic mass is 10.1. The lowest BCUT2D eigenvalue weighted by molar-refractivity contribution is 0.626. The molecule has 0 amide bonds. The Morgan fingerprint density at radius 2 is 2.05 bits per heavy atom. The van der Waals surface area contributed by atoms with Crippen molar-refractivity contribution in [3.63, 3.8) is 0 Å². The minimum Gasteiger partial charge on any atom is -0.256 e. The molecule has 2 nitrogen and oxygen atoms in total. The number of nitrogens with zero attached hydrogens (tertiary/aromatic N) is 2. The first kappa shape index (κ1) is 14.2. The molecule has 0 saturated carbocycles. The fourth-order valence-corrected chi connectivity index (χ4v) is 2.73. The number of halogens is 1. The quantitative estimate of drug-likeness (QED) is 0.683. The van der Waals surface area contributed by atoms with Gasteiger partial charge in [0.1, 0.15) is 11.9 Å². The molecule has 0 aliphatic heterocycles. The molecule has 0 unspecified atom stereocenters. The number of rotatable bonds is 3. The number of aromatic nitrogens is 1. The van der Waals surface area contributed by atoms with Crippen LogP contribution in [-0.2, 0) is 0 Å². The molecule has 3 aromatic rings. The molecule has 4 heteroatoms. The van der Waals surface area contributed by atoms with Crippen molar-refractivity contribution in [1.82, 2.24) is 4.98 Å². The SMILES string of the molecule is N#Cc1ccc(/C=C/c2ccc(-c3cccs3)cc2F)nc1. The van der Waals surface area contributed by atoms with Gasteiger partial charge in [-0.05, 0) is 47.4 Å². The van der Waals surface area contributed by atoms with Crippen LogP contribution < -0.4 is 0 Å². The molecular weight excluding hydrogens is 295 g/mol. The maximum Gasteiger partial charge on any atom is 0.131 e. The van der Waals surface area contributed by atoms with Crippen LogP contribution in [0.4, 0.5) is 4.39 Å². The van der Waals surface area contributed by atoms with Gasteiger partial charge in [0.15, 0.2) is 0 Å². The fourth-order valence-electron chi connectivity index (χ4n) is 2.00. The van der Waals surface area contributed by atoms with Crippen molar-refractivity contribution in [2.24, 2.45) is 0 Å². The zero-order valence-electron chi connectivity index (χ0n) is 11.5. The lowest BCUT2D eigenvalue weighted by Crippen LogP contribution is -1.85. The van der Waals surface area contributed by atoms with Crippen LogP contribution in [0.3, 0.4) is 0 Å². The number of hydrogen-bond acceptors (Lipinski definition) is 3. The Kier molecular flexibility index (Phi) is 4.08. The van der Waals surface area contributed by atoms with E-state index in [1.807, 2.05) is 29.6 Å². The molecule has 0 bridgehead atoms. The molecule has 22 heavy (non-hydrogen) atoms. The Hall–Kier alpha value is -2.77. The smallest absolute Gasteiger partial charge is 0.131 e. The molecule has 0 spiro atoms. The molecule has 0 saturated heterocycles. The van der Waals surface area contributed by atoms with E-state index in [2.05, 4.69) is 4.98 Å². The van der Waals surface area contributed by atoms with E-state index in [9.17, 15) is 4.39 Å². The molecule has 0 aliphatic carbocycles. The average Bonchev–Trinajstić information content (AvgIpc) is 3.08. The Bertz CT molecular complexity index is 844. The third kappa shape index (κ3) is 3.11. The largest absolute Gasteiger partial charge is 0.256 e. The summed E-state index contributed by atoms with van der Waals surface area (Å²) in [5, 5.41) is 10.7. The summed E-state index contributed by atoms with van der Waals surface area (Å²) in [4.78, 5) is 5.17. The first-order chi connectivity index (χ1) is 10.8. The normalized spacial score (nSPS) is 10.7. The number of nitriles is 1. The van der Waals surface area contributed by atoms with Crippen molar-refractivity contribution in [3.8, 4) is 16.5 Å². The summed E-state index contributed by atoms with van der Waals surface area (Å²) in [6.07, 6.45) is 4.90. The molecule has 0 radical (unpaired) electrons. The highest BCUT2D eigenvalue weighted by molar-refractivity contribution is 7.13. The highest BCUT2D eigenvalue weighted by Gasteiger charge is 2.04. The minimum atomic E-state index is -0.268. The van der Waals surface area contributed by atoms with Gasteiger partial charge in [-0.1, -0.05) is 18.2 Å². The second-order valence-electron chi connectivity index (χ2n) is 4.63. The zero-order valence-corrected chi connectivity index (χ0v) is 12.3. The minimum absolute atomic E-state index is 0.268. The van der Waals surface area contributed by atoms with Gasteiger partial charge in [0.2, 0.25) is 0 Å². The Balaban J connectivity index is 1.83. The van der Waals surface area contributed by atoms with Gasteiger partial charge < -0.3 is 0 Å². The van der Waals surface area contributed by atoms with Gasteiger partial charge in [-0.3, -0.25) is 4.98 Å². The third-order valence-corrected chi connectivity index (χ3v) is 4.07. The molecular formula is C18H11FN2S. The van der Waals surface area contributed by atoms with Crippen molar-refractivity contribution in [2.75, 3.05) is 0 Å². The van der Waals surface area contributed by atoms with Crippen LogP contribution >= 0.6 is 11.3 Å². The number of benzene rings is 1. The van der Waals surface area contributed by atoms with Crippen LogP contribution in [0.1, 0.15) is 16.8 Å². The average molecular weight is 306 g/mol. The van der Waals surface area contributed by atoms with E-state index >= 15 is 0 Å². The third-order valence-electron chi connectivity index (χ3n) is 3.16. The van der Waals surface area contributed by atoms with Crippen molar-refractivity contribution in [1.29, 1.82) is 5.26 Å². The predicted octanol–water partition coefficient (Wildman–Crippen LogP) is 4.99.